The molecule has 1 unspecified atom stereocenters. The number of nitrogens with one attached hydrogen (secondary N) is 2. The van der Waals surface area contributed by atoms with Gasteiger partial charge < -0.3 is 25.2 Å². The number of fused-ring (bicyclic) bond motifs is 1. The fourth-order valence-electron chi connectivity index (χ4n) is 4.22. The molecule has 0 aromatic heterocycles. The number of rotatable bonds is 9. The number of amides is 3. The summed E-state index contributed by atoms with van der Waals surface area (Å²) in [6.07, 6.45) is 3.24. The van der Waals surface area contributed by atoms with E-state index in [0.29, 0.717) is 19.6 Å². The van der Waals surface area contributed by atoms with Crippen LogP contribution in [0.15, 0.2) is 24.3 Å². The molecule has 7 heteroatoms. The summed E-state index contributed by atoms with van der Waals surface area (Å²) in [7, 11) is 0. The minimum Gasteiger partial charge on any atom is -0.488 e. The van der Waals surface area contributed by atoms with Crippen molar-refractivity contribution < 1.29 is 14.3 Å². The van der Waals surface area contributed by atoms with E-state index in [9.17, 15) is 9.59 Å². The molecule has 0 bridgehead atoms. The summed E-state index contributed by atoms with van der Waals surface area (Å²) < 4.78 is 5.88. The standard InChI is InChI=1S/C23H36N4O3/c1-3-26(4-2)13-7-12-24-22(28)18-10-14-27(15-11-18)23(29)25-17-20-16-19-8-5-6-9-21(19)30-20/h5-6,8-9,18,20H,3-4,7,10-17H2,1-2H3,(H,24,28)(H,25,29). The lowest BCUT2D eigenvalue weighted by Gasteiger charge is -2.31. The lowest BCUT2D eigenvalue weighted by molar-refractivity contribution is -0.126. The zero-order chi connectivity index (χ0) is 21.3. The second-order valence-electron chi connectivity index (χ2n) is 8.17. The normalized spacial score (nSPS) is 18.8. The van der Waals surface area contributed by atoms with Gasteiger partial charge in [-0.3, -0.25) is 4.79 Å². The summed E-state index contributed by atoms with van der Waals surface area (Å²) in [4.78, 5) is 29.1. The first kappa shape index (κ1) is 22.4. The molecule has 2 aliphatic heterocycles. The molecule has 1 fully saturated rings. The number of piperidine rings is 1. The maximum absolute atomic E-state index is 12.5. The molecule has 2 heterocycles. The molecule has 1 saturated heterocycles. The van der Waals surface area contributed by atoms with Crippen LogP contribution in [-0.4, -0.2) is 73.7 Å². The highest BCUT2D eigenvalue weighted by Crippen LogP contribution is 2.27. The second kappa shape index (κ2) is 11.2. The Kier molecular flexibility index (Phi) is 8.37. The van der Waals surface area contributed by atoms with Crippen molar-refractivity contribution >= 4 is 11.9 Å². The largest absolute Gasteiger partial charge is 0.488 e. The van der Waals surface area contributed by atoms with E-state index in [1.165, 1.54) is 5.56 Å². The molecule has 7 nitrogen and oxygen atoms in total. The summed E-state index contributed by atoms with van der Waals surface area (Å²) in [6.45, 7) is 9.89. The van der Waals surface area contributed by atoms with E-state index >= 15 is 0 Å². The van der Waals surface area contributed by atoms with E-state index in [1.54, 1.807) is 0 Å². The number of likely N-dealkylation sites (tertiary alicyclic amines) is 1. The van der Waals surface area contributed by atoms with Gasteiger partial charge in [-0.1, -0.05) is 32.0 Å². The molecule has 2 aliphatic rings. The number of carbonyl (C=O) groups excluding carboxylic acids is 2. The molecule has 0 radical (unpaired) electrons. The highest BCUT2D eigenvalue weighted by molar-refractivity contribution is 5.79. The Morgan fingerprint density at radius 3 is 2.57 bits per heavy atom. The van der Waals surface area contributed by atoms with Crippen LogP contribution in [0.2, 0.25) is 0 Å². The van der Waals surface area contributed by atoms with Crippen molar-refractivity contribution in [3.63, 3.8) is 0 Å². The third-order valence-corrected chi connectivity index (χ3v) is 6.19. The van der Waals surface area contributed by atoms with Crippen LogP contribution >= 0.6 is 0 Å². The third-order valence-electron chi connectivity index (χ3n) is 6.19. The van der Waals surface area contributed by atoms with Crippen LogP contribution < -0.4 is 15.4 Å². The summed E-state index contributed by atoms with van der Waals surface area (Å²) in [5.41, 5.74) is 1.20. The van der Waals surface area contributed by atoms with Crippen LogP contribution in [0.1, 0.15) is 38.7 Å². The van der Waals surface area contributed by atoms with E-state index in [2.05, 4.69) is 35.4 Å². The van der Waals surface area contributed by atoms with Crippen molar-refractivity contribution in [1.82, 2.24) is 20.4 Å². The fourth-order valence-corrected chi connectivity index (χ4v) is 4.22. The Morgan fingerprint density at radius 2 is 1.87 bits per heavy atom. The van der Waals surface area contributed by atoms with Crippen LogP contribution in [0.25, 0.3) is 0 Å². The van der Waals surface area contributed by atoms with Crippen molar-refractivity contribution in [2.75, 3.05) is 45.8 Å². The van der Waals surface area contributed by atoms with Gasteiger partial charge in [0.1, 0.15) is 11.9 Å². The Bertz CT molecular complexity index is 674. The molecule has 166 valence electrons. The Hall–Kier alpha value is -2.28. The lowest BCUT2D eigenvalue weighted by Crippen LogP contribution is -2.48. The zero-order valence-electron chi connectivity index (χ0n) is 18.4. The van der Waals surface area contributed by atoms with Crippen molar-refractivity contribution in [2.45, 2.75) is 45.6 Å². The Balaban J connectivity index is 1.30. The molecular weight excluding hydrogens is 380 g/mol. The smallest absolute Gasteiger partial charge is 0.317 e. The average Bonchev–Trinajstić information content (AvgIpc) is 3.20. The van der Waals surface area contributed by atoms with Gasteiger partial charge in [-0.25, -0.2) is 4.79 Å². The first-order valence-electron chi connectivity index (χ1n) is 11.4. The van der Waals surface area contributed by atoms with Gasteiger partial charge in [-0.05, 0) is 50.5 Å². The zero-order valence-corrected chi connectivity index (χ0v) is 18.4. The number of carbonyl (C=O) groups is 2. The highest BCUT2D eigenvalue weighted by atomic mass is 16.5. The Morgan fingerprint density at radius 1 is 1.13 bits per heavy atom. The molecular formula is C23H36N4O3. The fraction of sp³-hybridized carbons (Fsp3) is 0.652. The summed E-state index contributed by atoms with van der Waals surface area (Å²) >= 11 is 0. The lowest BCUT2D eigenvalue weighted by atomic mass is 9.96. The van der Waals surface area contributed by atoms with Gasteiger partial charge >= 0.3 is 6.03 Å². The molecule has 1 aromatic rings. The molecule has 0 saturated carbocycles. The van der Waals surface area contributed by atoms with Crippen LogP contribution in [0, 0.1) is 5.92 Å². The predicted molar refractivity (Wildman–Crippen MR) is 118 cm³/mol. The predicted octanol–water partition coefficient (Wildman–Crippen LogP) is 2.26. The summed E-state index contributed by atoms with van der Waals surface area (Å²) in [6, 6.07) is 7.94. The molecule has 1 atom stereocenters. The first-order valence-corrected chi connectivity index (χ1v) is 11.4. The Labute approximate surface area is 180 Å². The van der Waals surface area contributed by atoms with Gasteiger partial charge in [0.25, 0.3) is 0 Å². The monoisotopic (exact) mass is 416 g/mol. The molecule has 1 aromatic carbocycles. The topological polar surface area (TPSA) is 73.9 Å². The van der Waals surface area contributed by atoms with E-state index in [4.69, 9.17) is 4.74 Å². The maximum atomic E-state index is 12.5. The minimum absolute atomic E-state index is 0.00833. The van der Waals surface area contributed by atoms with Crippen molar-refractivity contribution in [3.05, 3.63) is 29.8 Å². The average molecular weight is 417 g/mol. The number of para-hydroxylation sites is 1. The first-order chi connectivity index (χ1) is 14.6. The van der Waals surface area contributed by atoms with E-state index in [0.717, 1.165) is 57.6 Å². The summed E-state index contributed by atoms with van der Waals surface area (Å²) in [5, 5.41) is 6.06. The number of hydrogen-bond acceptors (Lipinski definition) is 4. The van der Waals surface area contributed by atoms with Gasteiger partial charge in [-0.15, -0.1) is 0 Å². The number of benzene rings is 1. The number of urea groups is 1. The third kappa shape index (κ3) is 6.11. The minimum atomic E-state index is -0.0624. The molecule has 30 heavy (non-hydrogen) atoms. The van der Waals surface area contributed by atoms with Crippen LogP contribution in [0.5, 0.6) is 5.75 Å². The van der Waals surface area contributed by atoms with Crippen molar-refractivity contribution in [2.24, 2.45) is 5.92 Å². The van der Waals surface area contributed by atoms with E-state index < -0.39 is 0 Å². The van der Waals surface area contributed by atoms with Crippen LogP contribution in [0.4, 0.5) is 4.79 Å². The van der Waals surface area contributed by atoms with Crippen molar-refractivity contribution in [1.29, 1.82) is 0 Å². The number of ether oxygens (including phenoxy) is 1. The number of hydrogen-bond donors (Lipinski definition) is 2. The molecule has 3 amide bonds. The van der Waals surface area contributed by atoms with E-state index in [-0.39, 0.29) is 24.0 Å². The van der Waals surface area contributed by atoms with Gasteiger partial charge in [0.15, 0.2) is 0 Å². The van der Waals surface area contributed by atoms with Gasteiger partial charge in [0, 0.05) is 32.0 Å². The molecule has 0 aliphatic carbocycles. The van der Waals surface area contributed by atoms with Crippen LogP contribution in [0.3, 0.4) is 0 Å². The SMILES string of the molecule is CCN(CC)CCCNC(=O)C1CCN(C(=O)NCC2Cc3ccccc3O2)CC1. The molecule has 2 N–H and O–H groups in total. The van der Waals surface area contributed by atoms with Crippen molar-refractivity contribution in [3.8, 4) is 5.75 Å². The molecule has 0 spiro atoms. The number of nitrogens with zero attached hydrogens (tertiary/aromatic N) is 2. The molecule has 3 rings (SSSR count). The van der Waals surface area contributed by atoms with E-state index in [1.807, 2.05) is 23.1 Å². The second-order valence-corrected chi connectivity index (χ2v) is 8.17. The summed E-state index contributed by atoms with van der Waals surface area (Å²) in [5.74, 6) is 1.06. The maximum Gasteiger partial charge on any atom is 0.317 e. The van der Waals surface area contributed by atoms with Crippen LogP contribution in [-0.2, 0) is 11.2 Å². The van der Waals surface area contributed by atoms with Gasteiger partial charge in [0.05, 0.1) is 6.54 Å². The highest BCUT2D eigenvalue weighted by Gasteiger charge is 2.28. The quantitative estimate of drug-likeness (QED) is 0.606. The van der Waals surface area contributed by atoms with Gasteiger partial charge in [0.2, 0.25) is 5.91 Å². The van der Waals surface area contributed by atoms with Gasteiger partial charge in [-0.2, -0.15) is 0 Å².